The monoisotopic (exact) mass is 260 g/mol. The number of anilines is 1. The minimum absolute atomic E-state index is 0.229. The van der Waals surface area contributed by atoms with Crippen molar-refractivity contribution in [2.75, 3.05) is 18.0 Å². The van der Waals surface area contributed by atoms with E-state index in [1.165, 1.54) is 4.31 Å². The van der Waals surface area contributed by atoms with Crippen molar-refractivity contribution >= 4 is 27.3 Å². The molecular formula is C10H13ClN2O2S. The topological polar surface area (TPSA) is 63.4 Å². The number of sulfonamides is 1. The second-order valence-corrected chi connectivity index (χ2v) is 6.35. The third kappa shape index (κ3) is 2.31. The molecule has 0 spiro atoms. The van der Waals surface area contributed by atoms with Crippen LogP contribution in [0.4, 0.5) is 5.69 Å². The van der Waals surface area contributed by atoms with Crippen molar-refractivity contribution in [3.05, 3.63) is 28.8 Å². The van der Waals surface area contributed by atoms with E-state index in [4.69, 9.17) is 17.3 Å². The Kier molecular flexibility index (Phi) is 3.10. The van der Waals surface area contributed by atoms with Crippen molar-refractivity contribution in [2.45, 2.75) is 13.0 Å². The summed E-state index contributed by atoms with van der Waals surface area (Å²) in [6.07, 6.45) is 0.683. The van der Waals surface area contributed by atoms with Crippen LogP contribution in [0.25, 0.3) is 0 Å². The van der Waals surface area contributed by atoms with Crippen LogP contribution < -0.4 is 5.73 Å². The van der Waals surface area contributed by atoms with Crippen molar-refractivity contribution in [1.29, 1.82) is 0 Å². The van der Waals surface area contributed by atoms with Crippen LogP contribution in [0.2, 0.25) is 5.02 Å². The highest BCUT2D eigenvalue weighted by molar-refractivity contribution is 7.89. The molecule has 1 aliphatic heterocycles. The van der Waals surface area contributed by atoms with Crippen LogP contribution in [0, 0.1) is 0 Å². The number of halogens is 1. The lowest BCUT2D eigenvalue weighted by atomic mass is 10.2. The fourth-order valence-electron chi connectivity index (χ4n) is 1.77. The summed E-state index contributed by atoms with van der Waals surface area (Å²) >= 11 is 5.99. The molecule has 1 aliphatic rings. The zero-order valence-electron chi connectivity index (χ0n) is 8.69. The lowest BCUT2D eigenvalue weighted by Crippen LogP contribution is -2.25. The first kappa shape index (κ1) is 11.7. The van der Waals surface area contributed by atoms with Gasteiger partial charge in [0.05, 0.1) is 5.75 Å². The standard InChI is InChI=1S/C10H13ClN2O2S/c11-10-3-2-9(12)6-8(10)7-13-4-1-5-16(13,14)15/h2-3,6H,1,4-5,7,12H2. The average Bonchev–Trinajstić information content (AvgIpc) is 2.52. The molecule has 0 atom stereocenters. The van der Waals surface area contributed by atoms with E-state index >= 15 is 0 Å². The molecule has 16 heavy (non-hydrogen) atoms. The number of hydrogen-bond acceptors (Lipinski definition) is 3. The van der Waals surface area contributed by atoms with Crippen LogP contribution in [0.15, 0.2) is 18.2 Å². The molecule has 2 N–H and O–H groups in total. The highest BCUT2D eigenvalue weighted by atomic mass is 35.5. The van der Waals surface area contributed by atoms with Crippen molar-refractivity contribution < 1.29 is 8.42 Å². The second-order valence-electron chi connectivity index (χ2n) is 3.85. The molecule has 0 unspecified atom stereocenters. The van der Waals surface area contributed by atoms with Crippen LogP contribution in [-0.4, -0.2) is 25.0 Å². The normalized spacial score (nSPS) is 20.1. The molecule has 0 bridgehead atoms. The summed E-state index contributed by atoms with van der Waals surface area (Å²) in [5, 5.41) is 0.552. The molecule has 1 aromatic rings. The molecule has 0 aromatic heterocycles. The average molecular weight is 261 g/mol. The highest BCUT2D eigenvalue weighted by Crippen LogP contribution is 2.24. The lowest BCUT2D eigenvalue weighted by Gasteiger charge is -2.15. The predicted octanol–water partition coefficient (Wildman–Crippen LogP) is 1.46. The molecule has 0 radical (unpaired) electrons. The number of rotatable bonds is 2. The summed E-state index contributed by atoms with van der Waals surface area (Å²) < 4.78 is 24.7. The van der Waals surface area contributed by atoms with Crippen LogP contribution in [0.1, 0.15) is 12.0 Å². The van der Waals surface area contributed by atoms with Gasteiger partial charge in [0, 0.05) is 23.8 Å². The summed E-state index contributed by atoms with van der Waals surface area (Å²) in [6, 6.07) is 5.11. The van der Waals surface area contributed by atoms with Crippen LogP contribution in [0.5, 0.6) is 0 Å². The summed E-state index contributed by atoms with van der Waals surface area (Å²) in [6.45, 7) is 0.875. The molecule has 2 rings (SSSR count). The molecule has 1 fully saturated rings. The molecule has 1 saturated heterocycles. The predicted molar refractivity (Wildman–Crippen MR) is 64.7 cm³/mol. The molecule has 1 aromatic carbocycles. The van der Waals surface area contributed by atoms with E-state index in [-0.39, 0.29) is 5.75 Å². The Balaban J connectivity index is 2.24. The van der Waals surface area contributed by atoms with Gasteiger partial charge in [-0.15, -0.1) is 0 Å². The van der Waals surface area contributed by atoms with E-state index in [1.54, 1.807) is 18.2 Å². The largest absolute Gasteiger partial charge is 0.399 e. The van der Waals surface area contributed by atoms with Gasteiger partial charge < -0.3 is 5.73 Å². The number of benzene rings is 1. The minimum Gasteiger partial charge on any atom is -0.399 e. The molecule has 88 valence electrons. The number of nitrogens with two attached hydrogens (primary N) is 1. The Hall–Kier alpha value is -0.780. The Labute approximate surface area is 100 Å². The van der Waals surface area contributed by atoms with Crippen molar-refractivity contribution in [3.8, 4) is 0 Å². The van der Waals surface area contributed by atoms with Gasteiger partial charge in [-0.3, -0.25) is 0 Å². The Morgan fingerprint density at radius 3 is 2.81 bits per heavy atom. The lowest BCUT2D eigenvalue weighted by molar-refractivity contribution is 0.440. The third-order valence-corrected chi connectivity index (χ3v) is 4.89. The van der Waals surface area contributed by atoms with Crippen molar-refractivity contribution in [1.82, 2.24) is 4.31 Å². The van der Waals surface area contributed by atoms with Gasteiger partial charge in [-0.05, 0) is 30.2 Å². The maximum atomic E-state index is 11.6. The Morgan fingerprint density at radius 1 is 1.44 bits per heavy atom. The summed E-state index contributed by atoms with van der Waals surface area (Å²) in [7, 11) is -3.08. The molecule has 1 heterocycles. The maximum Gasteiger partial charge on any atom is 0.214 e. The smallest absolute Gasteiger partial charge is 0.214 e. The molecule has 0 aliphatic carbocycles. The van der Waals surface area contributed by atoms with E-state index in [1.807, 2.05) is 0 Å². The number of hydrogen-bond donors (Lipinski definition) is 1. The molecular weight excluding hydrogens is 248 g/mol. The molecule has 6 heteroatoms. The van der Waals surface area contributed by atoms with E-state index < -0.39 is 10.0 Å². The van der Waals surface area contributed by atoms with Crippen LogP contribution >= 0.6 is 11.6 Å². The van der Waals surface area contributed by atoms with Gasteiger partial charge in [0.25, 0.3) is 0 Å². The third-order valence-electron chi connectivity index (χ3n) is 2.62. The van der Waals surface area contributed by atoms with E-state index in [0.29, 0.717) is 30.2 Å². The summed E-state index contributed by atoms with van der Waals surface area (Å²) in [5.74, 6) is 0.229. The number of nitrogens with zero attached hydrogens (tertiary/aromatic N) is 1. The van der Waals surface area contributed by atoms with E-state index in [9.17, 15) is 8.42 Å². The first-order chi connectivity index (χ1) is 7.49. The zero-order chi connectivity index (χ0) is 11.8. The summed E-state index contributed by atoms with van der Waals surface area (Å²) in [5.41, 5.74) is 6.99. The summed E-state index contributed by atoms with van der Waals surface area (Å²) in [4.78, 5) is 0. The fraction of sp³-hybridized carbons (Fsp3) is 0.400. The van der Waals surface area contributed by atoms with Gasteiger partial charge in [0.2, 0.25) is 10.0 Å². The SMILES string of the molecule is Nc1ccc(Cl)c(CN2CCCS2(=O)=O)c1. The Morgan fingerprint density at radius 2 is 2.19 bits per heavy atom. The van der Waals surface area contributed by atoms with Gasteiger partial charge >= 0.3 is 0 Å². The molecule has 4 nitrogen and oxygen atoms in total. The van der Waals surface area contributed by atoms with Gasteiger partial charge in [-0.25, -0.2) is 8.42 Å². The van der Waals surface area contributed by atoms with Crippen LogP contribution in [0.3, 0.4) is 0 Å². The van der Waals surface area contributed by atoms with Crippen LogP contribution in [-0.2, 0) is 16.6 Å². The van der Waals surface area contributed by atoms with E-state index in [2.05, 4.69) is 0 Å². The molecule has 0 amide bonds. The second kappa shape index (κ2) is 4.24. The van der Waals surface area contributed by atoms with Crippen molar-refractivity contribution in [2.24, 2.45) is 0 Å². The number of nitrogen functional groups attached to an aromatic ring is 1. The maximum absolute atomic E-state index is 11.6. The first-order valence-corrected chi connectivity index (χ1v) is 6.99. The fourth-order valence-corrected chi connectivity index (χ4v) is 3.45. The Bertz CT molecular complexity index is 502. The van der Waals surface area contributed by atoms with Gasteiger partial charge in [-0.2, -0.15) is 4.31 Å². The zero-order valence-corrected chi connectivity index (χ0v) is 10.3. The minimum atomic E-state index is -3.08. The van der Waals surface area contributed by atoms with Gasteiger partial charge in [0.15, 0.2) is 0 Å². The first-order valence-electron chi connectivity index (χ1n) is 5.01. The van der Waals surface area contributed by atoms with Gasteiger partial charge in [0.1, 0.15) is 0 Å². The molecule has 0 saturated carbocycles. The van der Waals surface area contributed by atoms with Gasteiger partial charge in [-0.1, -0.05) is 11.6 Å². The van der Waals surface area contributed by atoms with Crippen molar-refractivity contribution in [3.63, 3.8) is 0 Å². The quantitative estimate of drug-likeness (QED) is 0.819. The highest BCUT2D eigenvalue weighted by Gasteiger charge is 2.28. The van der Waals surface area contributed by atoms with E-state index in [0.717, 1.165) is 5.56 Å².